The molecule has 1 aliphatic rings. The molecule has 0 saturated carbocycles. The van der Waals surface area contributed by atoms with Gasteiger partial charge in [-0.05, 0) is 38.8 Å². The lowest BCUT2D eigenvalue weighted by Gasteiger charge is -2.29. The molecule has 1 unspecified atom stereocenters. The normalized spacial score (nSPS) is 16.3. The van der Waals surface area contributed by atoms with E-state index >= 15 is 0 Å². The first-order valence-electron chi connectivity index (χ1n) is 7.69. The lowest BCUT2D eigenvalue weighted by Crippen LogP contribution is -2.41. The predicted octanol–water partition coefficient (Wildman–Crippen LogP) is 5.25. The predicted molar refractivity (Wildman–Crippen MR) is 108 cm³/mol. The molecule has 0 bridgehead atoms. The Morgan fingerprint density at radius 2 is 1.70 bits per heavy atom. The van der Waals surface area contributed by atoms with E-state index in [4.69, 9.17) is 28.3 Å². The number of rotatable bonds is 7. The molecule has 0 spiro atoms. The van der Waals surface area contributed by atoms with Crippen LogP contribution >= 0.6 is 47.2 Å². The molecular formula is C16H23Cl2IN2O2. The Morgan fingerprint density at radius 1 is 1.13 bits per heavy atom. The van der Waals surface area contributed by atoms with E-state index in [9.17, 15) is 4.79 Å². The fourth-order valence-corrected chi connectivity index (χ4v) is 3.35. The molecule has 0 aromatic heterocycles. The van der Waals surface area contributed by atoms with E-state index < -0.39 is 5.97 Å². The van der Waals surface area contributed by atoms with Crippen molar-refractivity contribution >= 4 is 64.5 Å². The fraction of sp³-hybridized carbons (Fsp3) is 0.562. The molecule has 23 heavy (non-hydrogen) atoms. The summed E-state index contributed by atoms with van der Waals surface area (Å²) in [5.41, 5.74) is 2.23. The maximum atomic E-state index is 10.5. The van der Waals surface area contributed by atoms with Crippen molar-refractivity contribution in [3.05, 3.63) is 22.2 Å². The van der Waals surface area contributed by atoms with Crippen LogP contribution < -0.4 is 9.80 Å². The average molecular weight is 473 g/mol. The van der Waals surface area contributed by atoms with Gasteiger partial charge in [-0.2, -0.15) is 0 Å². The minimum atomic E-state index is -0.724. The quantitative estimate of drug-likeness (QED) is 0.434. The van der Waals surface area contributed by atoms with Crippen LogP contribution in [0.3, 0.4) is 0 Å². The fourth-order valence-electron chi connectivity index (χ4n) is 3.03. The molecule has 1 aliphatic heterocycles. The Kier molecular flexibility index (Phi) is 8.24. The minimum Gasteiger partial charge on any atom is -0.481 e. The zero-order valence-corrected chi connectivity index (χ0v) is 17.2. The van der Waals surface area contributed by atoms with Crippen LogP contribution in [0.5, 0.6) is 0 Å². The van der Waals surface area contributed by atoms with Gasteiger partial charge in [0.1, 0.15) is 0 Å². The second-order valence-corrected chi connectivity index (χ2v) is 6.39. The Labute approximate surface area is 164 Å². The maximum Gasteiger partial charge on any atom is 0.303 e. The minimum absolute atomic E-state index is 0. The molecule has 0 aliphatic carbocycles. The zero-order valence-electron chi connectivity index (χ0n) is 13.4. The summed E-state index contributed by atoms with van der Waals surface area (Å²) >= 11 is 12.3. The second kappa shape index (κ2) is 9.18. The van der Waals surface area contributed by atoms with E-state index in [1.165, 1.54) is 0 Å². The first-order chi connectivity index (χ1) is 10.5. The van der Waals surface area contributed by atoms with Crippen LogP contribution in [0.15, 0.2) is 12.1 Å². The summed E-state index contributed by atoms with van der Waals surface area (Å²) < 4.78 is 0. The SMILES string of the molecule is CCN1c2cc(Cl)c(Cl)cc2N(CCCCCC(=O)O)C1C.I. The molecule has 130 valence electrons. The van der Waals surface area contributed by atoms with Gasteiger partial charge in [-0.15, -0.1) is 24.0 Å². The highest BCUT2D eigenvalue weighted by Gasteiger charge is 2.32. The van der Waals surface area contributed by atoms with Crippen LogP contribution in [0, 0.1) is 0 Å². The third kappa shape index (κ3) is 4.79. The Hall–Kier alpha value is -0.400. The van der Waals surface area contributed by atoms with Crippen molar-refractivity contribution in [2.75, 3.05) is 22.9 Å². The van der Waals surface area contributed by atoms with Crippen molar-refractivity contribution in [1.29, 1.82) is 0 Å². The average Bonchev–Trinajstić information content (AvgIpc) is 2.70. The molecule has 1 aromatic carbocycles. The smallest absolute Gasteiger partial charge is 0.303 e. The molecule has 0 amide bonds. The van der Waals surface area contributed by atoms with Crippen molar-refractivity contribution in [2.45, 2.75) is 45.7 Å². The van der Waals surface area contributed by atoms with Crippen molar-refractivity contribution in [3.63, 3.8) is 0 Å². The molecular weight excluding hydrogens is 450 g/mol. The van der Waals surface area contributed by atoms with E-state index in [1.807, 2.05) is 12.1 Å². The summed E-state index contributed by atoms with van der Waals surface area (Å²) in [7, 11) is 0. The summed E-state index contributed by atoms with van der Waals surface area (Å²) in [5, 5.41) is 9.82. The van der Waals surface area contributed by atoms with E-state index in [1.54, 1.807) is 0 Å². The van der Waals surface area contributed by atoms with Gasteiger partial charge in [0.05, 0.1) is 27.6 Å². The number of carboxylic acids is 1. The van der Waals surface area contributed by atoms with Crippen molar-refractivity contribution < 1.29 is 9.90 Å². The number of fused-ring (bicyclic) bond motifs is 1. The van der Waals surface area contributed by atoms with Gasteiger partial charge in [-0.25, -0.2) is 0 Å². The van der Waals surface area contributed by atoms with Gasteiger partial charge in [0, 0.05) is 19.5 Å². The van der Waals surface area contributed by atoms with Gasteiger partial charge in [0.25, 0.3) is 0 Å². The van der Waals surface area contributed by atoms with E-state index in [0.29, 0.717) is 10.0 Å². The largest absolute Gasteiger partial charge is 0.481 e. The van der Waals surface area contributed by atoms with Gasteiger partial charge in [0.2, 0.25) is 0 Å². The Morgan fingerprint density at radius 3 is 2.22 bits per heavy atom. The van der Waals surface area contributed by atoms with Crippen LogP contribution in [0.2, 0.25) is 10.0 Å². The third-order valence-electron chi connectivity index (χ3n) is 4.17. The standard InChI is InChI=1S/C16H22Cl2N2O2.HI/c1-3-19-11(2)20(8-6-4-5-7-16(21)22)15-10-13(18)12(17)9-14(15)19;/h9-11H,3-8H2,1-2H3,(H,21,22);1H. The molecule has 1 atom stereocenters. The topological polar surface area (TPSA) is 43.8 Å². The highest BCUT2D eigenvalue weighted by atomic mass is 127. The van der Waals surface area contributed by atoms with Crippen molar-refractivity contribution in [3.8, 4) is 0 Å². The van der Waals surface area contributed by atoms with Crippen LogP contribution in [0.4, 0.5) is 11.4 Å². The first kappa shape index (κ1) is 20.6. The number of nitrogens with zero attached hydrogens (tertiary/aromatic N) is 2. The monoisotopic (exact) mass is 472 g/mol. The summed E-state index contributed by atoms with van der Waals surface area (Å²) in [5.74, 6) is -0.724. The zero-order chi connectivity index (χ0) is 16.3. The summed E-state index contributed by atoms with van der Waals surface area (Å²) in [6, 6.07) is 3.87. The number of hydrogen-bond acceptors (Lipinski definition) is 3. The molecule has 1 N–H and O–H groups in total. The van der Waals surface area contributed by atoms with Crippen molar-refractivity contribution in [1.82, 2.24) is 0 Å². The van der Waals surface area contributed by atoms with Gasteiger partial charge in [0.15, 0.2) is 0 Å². The second-order valence-electron chi connectivity index (χ2n) is 5.57. The van der Waals surface area contributed by atoms with E-state index in [0.717, 1.165) is 43.7 Å². The van der Waals surface area contributed by atoms with Crippen LogP contribution in [0.25, 0.3) is 0 Å². The van der Waals surface area contributed by atoms with Gasteiger partial charge < -0.3 is 14.9 Å². The molecule has 0 radical (unpaired) electrons. The number of hydrogen-bond donors (Lipinski definition) is 1. The first-order valence-corrected chi connectivity index (χ1v) is 8.45. The van der Waals surface area contributed by atoms with E-state index in [-0.39, 0.29) is 36.6 Å². The van der Waals surface area contributed by atoms with Crippen LogP contribution in [-0.2, 0) is 4.79 Å². The summed E-state index contributed by atoms with van der Waals surface area (Å²) in [6.07, 6.45) is 3.11. The molecule has 0 fully saturated rings. The molecule has 2 rings (SSSR count). The number of unbranched alkanes of at least 4 members (excludes halogenated alkanes) is 2. The highest BCUT2D eigenvalue weighted by Crippen LogP contribution is 2.43. The lowest BCUT2D eigenvalue weighted by atomic mass is 10.2. The number of benzene rings is 1. The van der Waals surface area contributed by atoms with Crippen LogP contribution in [0.1, 0.15) is 39.5 Å². The number of halogens is 3. The lowest BCUT2D eigenvalue weighted by molar-refractivity contribution is -0.137. The molecule has 7 heteroatoms. The number of carbonyl (C=O) groups is 1. The molecule has 1 heterocycles. The molecule has 1 aromatic rings. The van der Waals surface area contributed by atoms with Crippen molar-refractivity contribution in [2.24, 2.45) is 0 Å². The van der Waals surface area contributed by atoms with E-state index in [2.05, 4.69) is 23.6 Å². The van der Waals surface area contributed by atoms with Gasteiger partial charge in [-0.3, -0.25) is 4.79 Å². The van der Waals surface area contributed by atoms with Gasteiger partial charge >= 0.3 is 5.97 Å². The Bertz CT molecular complexity index is 557. The maximum absolute atomic E-state index is 10.5. The number of anilines is 2. The highest BCUT2D eigenvalue weighted by molar-refractivity contribution is 14.0. The number of carboxylic acid groups (broad SMARTS) is 1. The summed E-state index contributed by atoms with van der Waals surface area (Å²) in [4.78, 5) is 15.2. The number of aliphatic carboxylic acids is 1. The molecule has 0 saturated heterocycles. The third-order valence-corrected chi connectivity index (χ3v) is 4.89. The Balaban J connectivity index is 0.00000264. The molecule has 4 nitrogen and oxygen atoms in total. The van der Waals surface area contributed by atoms with Gasteiger partial charge in [-0.1, -0.05) is 29.6 Å². The summed E-state index contributed by atoms with van der Waals surface area (Å²) in [6.45, 7) is 6.09. The van der Waals surface area contributed by atoms with Crippen LogP contribution in [-0.4, -0.2) is 30.3 Å².